The molecule has 108 valence electrons. The van der Waals surface area contributed by atoms with Crippen LogP contribution in [0.25, 0.3) is 10.9 Å². The number of fused-ring (bicyclic) bond motifs is 1. The van der Waals surface area contributed by atoms with Gasteiger partial charge in [0.15, 0.2) is 0 Å². The zero-order valence-corrected chi connectivity index (χ0v) is 12.4. The minimum atomic E-state index is -0.872. The summed E-state index contributed by atoms with van der Waals surface area (Å²) in [5.41, 5.74) is 10.3. The molecule has 0 radical (unpaired) electrons. The average Bonchev–Trinajstić information content (AvgIpc) is 2.70. The van der Waals surface area contributed by atoms with Gasteiger partial charge in [-0.25, -0.2) is 4.79 Å². The largest absolute Gasteiger partial charge is 0.478 e. The van der Waals surface area contributed by atoms with Gasteiger partial charge in [0, 0.05) is 24.2 Å². The Morgan fingerprint density at radius 1 is 1.30 bits per heavy atom. The summed E-state index contributed by atoms with van der Waals surface area (Å²) in [7, 11) is 0. The van der Waals surface area contributed by atoms with Crippen molar-refractivity contribution in [1.82, 2.24) is 4.57 Å². The third-order valence-electron chi connectivity index (χ3n) is 3.95. The molecular weight excluding hydrogens is 252 g/mol. The average molecular weight is 274 g/mol. The number of aromatic carboxylic acids is 1. The Kier molecular flexibility index (Phi) is 4.14. The number of nitrogens with zero attached hydrogens (tertiary/aromatic N) is 1. The molecule has 1 aromatic carbocycles. The summed E-state index contributed by atoms with van der Waals surface area (Å²) in [6, 6.07) is 3.91. The van der Waals surface area contributed by atoms with Gasteiger partial charge >= 0.3 is 5.97 Å². The van der Waals surface area contributed by atoms with Gasteiger partial charge in [-0.05, 0) is 43.0 Å². The lowest BCUT2D eigenvalue weighted by atomic mass is 10.0. The van der Waals surface area contributed by atoms with Gasteiger partial charge in [0.1, 0.15) is 0 Å². The highest BCUT2D eigenvalue weighted by molar-refractivity contribution is 6.04. The van der Waals surface area contributed by atoms with Crippen LogP contribution in [0.2, 0.25) is 0 Å². The lowest BCUT2D eigenvalue weighted by Gasteiger charge is -2.09. The monoisotopic (exact) mass is 274 g/mol. The molecule has 0 saturated carbocycles. The molecule has 0 aliphatic rings. The van der Waals surface area contributed by atoms with Gasteiger partial charge in [0.05, 0.1) is 11.1 Å². The van der Waals surface area contributed by atoms with Gasteiger partial charge in [-0.2, -0.15) is 0 Å². The first-order chi connectivity index (χ1) is 9.54. The molecule has 0 spiro atoms. The Balaban J connectivity index is 2.91. The molecular formula is C16H22N2O2. The van der Waals surface area contributed by atoms with Crippen LogP contribution >= 0.6 is 0 Å². The molecule has 0 aliphatic carbocycles. The Labute approximate surface area is 119 Å². The molecule has 4 heteroatoms. The molecule has 2 aromatic rings. The van der Waals surface area contributed by atoms with E-state index in [0.29, 0.717) is 18.7 Å². The number of carboxylic acid groups (broad SMARTS) is 1. The Morgan fingerprint density at radius 3 is 2.50 bits per heavy atom. The van der Waals surface area contributed by atoms with Crippen molar-refractivity contribution in [3.63, 3.8) is 0 Å². The SMILES string of the molecule is CCc1cc(C(=O)O)c2c(c1)c(CC)c(C)n2CCN. The zero-order chi connectivity index (χ0) is 14.9. The van der Waals surface area contributed by atoms with E-state index in [1.54, 1.807) is 6.07 Å². The summed E-state index contributed by atoms with van der Waals surface area (Å²) < 4.78 is 2.05. The number of hydrogen-bond acceptors (Lipinski definition) is 2. The minimum absolute atomic E-state index is 0.385. The quantitative estimate of drug-likeness (QED) is 0.881. The maximum absolute atomic E-state index is 11.6. The van der Waals surface area contributed by atoms with Crippen LogP contribution in [0.4, 0.5) is 0 Å². The van der Waals surface area contributed by atoms with Crippen LogP contribution in [0.15, 0.2) is 12.1 Å². The van der Waals surface area contributed by atoms with E-state index in [-0.39, 0.29) is 0 Å². The molecule has 1 aromatic heterocycles. The van der Waals surface area contributed by atoms with E-state index in [4.69, 9.17) is 5.73 Å². The van der Waals surface area contributed by atoms with Crippen molar-refractivity contribution in [1.29, 1.82) is 0 Å². The van der Waals surface area contributed by atoms with Crippen LogP contribution < -0.4 is 5.73 Å². The highest BCUT2D eigenvalue weighted by Crippen LogP contribution is 2.30. The molecule has 1 heterocycles. The van der Waals surface area contributed by atoms with Crippen LogP contribution in [0.1, 0.15) is 41.0 Å². The van der Waals surface area contributed by atoms with Crippen molar-refractivity contribution in [2.24, 2.45) is 5.73 Å². The van der Waals surface area contributed by atoms with Gasteiger partial charge in [0.2, 0.25) is 0 Å². The van der Waals surface area contributed by atoms with Crippen molar-refractivity contribution >= 4 is 16.9 Å². The van der Waals surface area contributed by atoms with E-state index in [0.717, 1.165) is 35.0 Å². The molecule has 0 unspecified atom stereocenters. The third-order valence-corrected chi connectivity index (χ3v) is 3.95. The Bertz CT molecular complexity index is 656. The highest BCUT2D eigenvalue weighted by atomic mass is 16.4. The summed E-state index contributed by atoms with van der Waals surface area (Å²) in [4.78, 5) is 11.6. The van der Waals surface area contributed by atoms with Crippen LogP contribution in [0, 0.1) is 6.92 Å². The number of rotatable bonds is 5. The third kappa shape index (κ3) is 2.20. The molecule has 20 heavy (non-hydrogen) atoms. The van der Waals surface area contributed by atoms with Crippen molar-refractivity contribution in [3.8, 4) is 0 Å². The van der Waals surface area contributed by atoms with Gasteiger partial charge in [0.25, 0.3) is 0 Å². The Hall–Kier alpha value is -1.81. The number of carbonyl (C=O) groups is 1. The smallest absolute Gasteiger partial charge is 0.337 e. The maximum Gasteiger partial charge on any atom is 0.337 e. The molecule has 4 nitrogen and oxygen atoms in total. The molecule has 0 saturated heterocycles. The van der Waals surface area contributed by atoms with Gasteiger partial charge < -0.3 is 15.4 Å². The Morgan fingerprint density at radius 2 is 2.00 bits per heavy atom. The molecule has 0 bridgehead atoms. The normalized spacial score (nSPS) is 11.2. The first-order valence-corrected chi connectivity index (χ1v) is 7.13. The minimum Gasteiger partial charge on any atom is -0.478 e. The van der Waals surface area contributed by atoms with Crippen molar-refractivity contribution in [3.05, 3.63) is 34.5 Å². The molecule has 3 N–H and O–H groups in total. The fourth-order valence-electron chi connectivity index (χ4n) is 2.96. The maximum atomic E-state index is 11.6. The summed E-state index contributed by atoms with van der Waals surface area (Å²) in [5.74, 6) is -0.872. The van der Waals surface area contributed by atoms with Crippen LogP contribution in [0.5, 0.6) is 0 Å². The van der Waals surface area contributed by atoms with Crippen LogP contribution in [0.3, 0.4) is 0 Å². The molecule has 0 amide bonds. The van der Waals surface area contributed by atoms with Crippen LogP contribution in [-0.4, -0.2) is 22.2 Å². The van der Waals surface area contributed by atoms with Crippen molar-refractivity contribution < 1.29 is 9.90 Å². The van der Waals surface area contributed by atoms with E-state index >= 15 is 0 Å². The number of benzene rings is 1. The van der Waals surface area contributed by atoms with Crippen molar-refractivity contribution in [2.75, 3.05) is 6.54 Å². The topological polar surface area (TPSA) is 68.2 Å². The summed E-state index contributed by atoms with van der Waals surface area (Å²) in [5, 5.41) is 10.6. The predicted octanol–water partition coefficient (Wildman–Crippen LogP) is 2.73. The van der Waals surface area contributed by atoms with E-state index in [1.807, 2.05) is 13.8 Å². The lowest BCUT2D eigenvalue weighted by Crippen LogP contribution is -2.13. The fraction of sp³-hybridized carbons (Fsp3) is 0.438. The van der Waals surface area contributed by atoms with E-state index < -0.39 is 5.97 Å². The van der Waals surface area contributed by atoms with Crippen LogP contribution in [-0.2, 0) is 19.4 Å². The number of nitrogens with two attached hydrogens (primary N) is 1. The highest BCUT2D eigenvalue weighted by Gasteiger charge is 2.19. The second-order valence-electron chi connectivity index (χ2n) is 5.06. The van der Waals surface area contributed by atoms with Crippen molar-refractivity contribution in [2.45, 2.75) is 40.2 Å². The summed E-state index contributed by atoms with van der Waals surface area (Å²) >= 11 is 0. The summed E-state index contributed by atoms with van der Waals surface area (Å²) in [6.45, 7) is 7.35. The predicted molar refractivity (Wildman–Crippen MR) is 81.4 cm³/mol. The second-order valence-corrected chi connectivity index (χ2v) is 5.06. The van der Waals surface area contributed by atoms with E-state index in [2.05, 4.69) is 17.6 Å². The van der Waals surface area contributed by atoms with Gasteiger partial charge in [-0.3, -0.25) is 0 Å². The fourth-order valence-corrected chi connectivity index (χ4v) is 2.96. The number of aromatic nitrogens is 1. The standard InChI is InChI=1S/C16H22N2O2/c1-4-11-8-13-12(5-2)10(3)18(7-6-17)15(13)14(9-11)16(19)20/h8-9H,4-7,17H2,1-3H3,(H,19,20). The first-order valence-electron chi connectivity index (χ1n) is 7.13. The van der Waals surface area contributed by atoms with Gasteiger partial charge in [-0.1, -0.05) is 13.8 Å². The summed E-state index contributed by atoms with van der Waals surface area (Å²) in [6.07, 6.45) is 1.73. The number of carboxylic acids is 1. The number of aryl methyl sites for hydroxylation is 2. The molecule has 0 atom stereocenters. The molecule has 0 fully saturated rings. The first kappa shape index (κ1) is 14.6. The van der Waals surface area contributed by atoms with Gasteiger partial charge in [-0.15, -0.1) is 0 Å². The van der Waals surface area contributed by atoms with E-state index in [1.165, 1.54) is 5.56 Å². The lowest BCUT2D eigenvalue weighted by molar-refractivity contribution is 0.0698. The molecule has 2 rings (SSSR count). The second kappa shape index (κ2) is 5.67. The van der Waals surface area contributed by atoms with E-state index in [9.17, 15) is 9.90 Å². The molecule has 0 aliphatic heterocycles. The number of hydrogen-bond donors (Lipinski definition) is 2. The zero-order valence-electron chi connectivity index (χ0n) is 12.4.